The number of nitrogen functional groups attached to an aromatic ring is 1. The number of hydrogen-bond donors (Lipinski definition) is 2. The highest BCUT2D eigenvalue weighted by molar-refractivity contribution is 6.31. The number of rotatable bonds is 4. The Bertz CT molecular complexity index is 482. The van der Waals surface area contributed by atoms with Gasteiger partial charge >= 0.3 is 0 Å². The molecule has 1 amide bonds. The summed E-state index contributed by atoms with van der Waals surface area (Å²) in [4.78, 5) is 14.1. The number of halogens is 1. The van der Waals surface area contributed by atoms with Crippen molar-refractivity contribution in [3.8, 4) is 0 Å². The normalized spacial score (nSPS) is 13.3. The first kappa shape index (κ1) is 16.8. The van der Waals surface area contributed by atoms with E-state index in [0.29, 0.717) is 22.9 Å². The Morgan fingerprint density at radius 2 is 2.05 bits per heavy atom. The highest BCUT2D eigenvalue weighted by Gasteiger charge is 2.25. The van der Waals surface area contributed by atoms with Gasteiger partial charge in [-0.2, -0.15) is 0 Å². The van der Waals surface area contributed by atoms with Crippen molar-refractivity contribution in [2.45, 2.75) is 33.7 Å². The zero-order valence-corrected chi connectivity index (χ0v) is 13.6. The lowest BCUT2D eigenvalue weighted by atomic mass is 9.87. The van der Waals surface area contributed by atoms with Crippen LogP contribution in [0.25, 0.3) is 0 Å². The number of amides is 1. The first-order valence-electron chi connectivity index (χ1n) is 6.66. The summed E-state index contributed by atoms with van der Waals surface area (Å²) in [7, 11) is 1.94. The second-order valence-electron chi connectivity index (χ2n) is 6.24. The molecule has 1 atom stereocenters. The molecule has 20 heavy (non-hydrogen) atoms. The Morgan fingerprint density at radius 3 is 2.60 bits per heavy atom. The van der Waals surface area contributed by atoms with Crippen LogP contribution in [0.2, 0.25) is 5.02 Å². The van der Waals surface area contributed by atoms with E-state index in [9.17, 15) is 4.79 Å². The molecule has 1 aromatic carbocycles. The van der Waals surface area contributed by atoms with Crippen LogP contribution in [-0.2, 0) is 4.79 Å². The van der Waals surface area contributed by atoms with Crippen LogP contribution in [0.4, 0.5) is 11.4 Å². The van der Waals surface area contributed by atoms with Crippen LogP contribution in [0.15, 0.2) is 18.2 Å². The molecule has 0 saturated carbocycles. The molecule has 0 bridgehead atoms. The number of likely N-dealkylation sites (N-methyl/N-ethyl adjacent to an activating group) is 1. The molecule has 0 aliphatic rings. The number of nitrogens with zero attached hydrogens (tertiary/aromatic N) is 1. The summed E-state index contributed by atoms with van der Waals surface area (Å²) in [5.74, 6) is -0.0995. The summed E-state index contributed by atoms with van der Waals surface area (Å²) in [5.41, 5.74) is 6.99. The molecule has 1 unspecified atom stereocenters. The van der Waals surface area contributed by atoms with Crippen molar-refractivity contribution in [2.75, 3.05) is 24.6 Å². The van der Waals surface area contributed by atoms with Crippen LogP contribution in [0.1, 0.15) is 27.7 Å². The predicted molar refractivity (Wildman–Crippen MR) is 86.0 cm³/mol. The van der Waals surface area contributed by atoms with Crippen molar-refractivity contribution < 1.29 is 4.79 Å². The second kappa shape index (κ2) is 6.46. The molecule has 0 saturated heterocycles. The minimum Gasteiger partial charge on any atom is -0.397 e. The number of carbonyl (C=O) groups excluding carboxylic acids is 1. The summed E-state index contributed by atoms with van der Waals surface area (Å²) in [6.45, 7) is 8.88. The fraction of sp³-hybridized carbons (Fsp3) is 0.533. The van der Waals surface area contributed by atoms with Gasteiger partial charge in [-0.25, -0.2) is 0 Å². The topological polar surface area (TPSA) is 58.4 Å². The number of nitrogens with two attached hydrogens (primary N) is 1. The molecule has 0 fully saturated rings. The summed E-state index contributed by atoms with van der Waals surface area (Å²) in [6.07, 6.45) is 0. The lowest BCUT2D eigenvalue weighted by Crippen LogP contribution is -2.43. The zero-order valence-electron chi connectivity index (χ0n) is 12.8. The lowest BCUT2D eigenvalue weighted by molar-refractivity contribution is -0.117. The Morgan fingerprint density at radius 1 is 1.45 bits per heavy atom. The average Bonchev–Trinajstić information content (AvgIpc) is 2.31. The van der Waals surface area contributed by atoms with Crippen LogP contribution in [0.3, 0.4) is 0 Å². The van der Waals surface area contributed by atoms with Gasteiger partial charge in [0.2, 0.25) is 5.91 Å². The standard InChI is InChI=1S/C15H24ClN3O/c1-10(15(2,3)4)19(5)9-14(20)18-13-8-11(16)6-7-12(13)17/h6-8,10H,9,17H2,1-5H3,(H,18,20). The fourth-order valence-electron chi connectivity index (χ4n) is 1.85. The van der Waals surface area contributed by atoms with E-state index in [4.69, 9.17) is 17.3 Å². The number of benzene rings is 1. The Kier molecular flexibility index (Phi) is 5.42. The fourth-order valence-corrected chi connectivity index (χ4v) is 2.02. The van der Waals surface area contributed by atoms with Crippen molar-refractivity contribution >= 4 is 28.9 Å². The van der Waals surface area contributed by atoms with Crippen LogP contribution in [-0.4, -0.2) is 30.4 Å². The zero-order chi connectivity index (χ0) is 15.5. The van der Waals surface area contributed by atoms with Gasteiger partial charge < -0.3 is 11.1 Å². The van der Waals surface area contributed by atoms with Crippen molar-refractivity contribution in [3.63, 3.8) is 0 Å². The minimum atomic E-state index is -0.0995. The first-order chi connectivity index (χ1) is 9.11. The van der Waals surface area contributed by atoms with E-state index in [0.717, 1.165) is 0 Å². The van der Waals surface area contributed by atoms with Gasteiger partial charge in [0.25, 0.3) is 0 Å². The Labute approximate surface area is 126 Å². The maximum absolute atomic E-state index is 12.1. The van der Waals surface area contributed by atoms with Crippen LogP contribution >= 0.6 is 11.6 Å². The number of carbonyl (C=O) groups is 1. The van der Waals surface area contributed by atoms with Crippen molar-refractivity contribution in [1.82, 2.24) is 4.90 Å². The molecule has 5 heteroatoms. The molecular formula is C15H24ClN3O. The number of hydrogen-bond acceptors (Lipinski definition) is 3. The van der Waals surface area contributed by atoms with Gasteiger partial charge in [0.15, 0.2) is 0 Å². The molecule has 112 valence electrons. The predicted octanol–water partition coefficient (Wildman–Crippen LogP) is 3.23. The van der Waals surface area contributed by atoms with Gasteiger partial charge in [-0.1, -0.05) is 32.4 Å². The molecule has 0 spiro atoms. The summed E-state index contributed by atoms with van der Waals surface area (Å²) in [5, 5.41) is 3.35. The van der Waals surface area contributed by atoms with Crippen molar-refractivity contribution in [3.05, 3.63) is 23.2 Å². The van der Waals surface area contributed by atoms with Crippen molar-refractivity contribution in [1.29, 1.82) is 0 Å². The van der Waals surface area contributed by atoms with E-state index in [2.05, 4.69) is 33.0 Å². The third-order valence-corrected chi connectivity index (χ3v) is 3.83. The molecule has 3 N–H and O–H groups in total. The average molecular weight is 298 g/mol. The van der Waals surface area contributed by atoms with E-state index in [1.54, 1.807) is 18.2 Å². The van der Waals surface area contributed by atoms with Gasteiger partial charge in [-0.3, -0.25) is 9.69 Å². The molecule has 0 heterocycles. The molecule has 0 aromatic heterocycles. The van der Waals surface area contributed by atoms with Crippen LogP contribution < -0.4 is 11.1 Å². The van der Waals surface area contributed by atoms with Crippen LogP contribution in [0, 0.1) is 5.41 Å². The third kappa shape index (κ3) is 4.69. The monoisotopic (exact) mass is 297 g/mol. The molecule has 1 rings (SSSR count). The molecule has 1 aromatic rings. The minimum absolute atomic E-state index is 0.0995. The van der Waals surface area contributed by atoms with E-state index < -0.39 is 0 Å². The van der Waals surface area contributed by atoms with Gasteiger partial charge in [0.1, 0.15) is 0 Å². The first-order valence-corrected chi connectivity index (χ1v) is 7.04. The van der Waals surface area contributed by atoms with E-state index in [1.807, 2.05) is 11.9 Å². The largest absolute Gasteiger partial charge is 0.397 e. The highest BCUT2D eigenvalue weighted by Crippen LogP contribution is 2.24. The quantitative estimate of drug-likeness (QED) is 0.839. The van der Waals surface area contributed by atoms with Crippen LogP contribution in [0.5, 0.6) is 0 Å². The van der Waals surface area contributed by atoms with Gasteiger partial charge in [-0.05, 0) is 37.6 Å². The van der Waals surface area contributed by atoms with Gasteiger partial charge in [-0.15, -0.1) is 0 Å². The maximum Gasteiger partial charge on any atom is 0.238 e. The number of anilines is 2. The smallest absolute Gasteiger partial charge is 0.238 e. The van der Waals surface area contributed by atoms with E-state index in [1.165, 1.54) is 0 Å². The molecule has 0 aliphatic carbocycles. The molecule has 0 aliphatic heterocycles. The SMILES string of the molecule is CC(N(C)CC(=O)Nc1cc(Cl)ccc1N)C(C)(C)C. The summed E-state index contributed by atoms with van der Waals surface area (Å²) >= 11 is 5.90. The van der Waals surface area contributed by atoms with E-state index in [-0.39, 0.29) is 17.4 Å². The molecule has 0 radical (unpaired) electrons. The van der Waals surface area contributed by atoms with Crippen molar-refractivity contribution in [2.24, 2.45) is 5.41 Å². The van der Waals surface area contributed by atoms with E-state index >= 15 is 0 Å². The third-order valence-electron chi connectivity index (χ3n) is 3.60. The molecular weight excluding hydrogens is 274 g/mol. The Balaban J connectivity index is 2.66. The second-order valence-corrected chi connectivity index (χ2v) is 6.67. The number of nitrogens with one attached hydrogen (secondary N) is 1. The summed E-state index contributed by atoms with van der Waals surface area (Å²) in [6, 6.07) is 5.31. The Hall–Kier alpha value is -1.26. The highest BCUT2D eigenvalue weighted by atomic mass is 35.5. The molecule has 4 nitrogen and oxygen atoms in total. The summed E-state index contributed by atoms with van der Waals surface area (Å²) < 4.78 is 0. The van der Waals surface area contributed by atoms with Gasteiger partial charge in [0.05, 0.1) is 17.9 Å². The van der Waals surface area contributed by atoms with Gasteiger partial charge in [0, 0.05) is 11.1 Å². The lowest BCUT2D eigenvalue weighted by Gasteiger charge is -2.34. The maximum atomic E-state index is 12.1.